The standard InChI is InChI=1S/C21H33N7O/c1-2-22-21(24-16-20-26-25-19-10-4-7-13-28(19)20)23-15-17(18-9-8-14-29-18)27-11-5-3-6-12-27/h8-9,14,17H,2-7,10-13,15-16H2,1H3,(H2,22,23,24). The van der Waals surface area contributed by atoms with Crippen LogP contribution in [0.15, 0.2) is 27.8 Å². The number of piperidine rings is 1. The average molecular weight is 400 g/mol. The maximum absolute atomic E-state index is 5.76. The van der Waals surface area contributed by atoms with E-state index in [0.717, 1.165) is 62.5 Å². The molecule has 1 saturated heterocycles. The molecule has 0 spiro atoms. The highest BCUT2D eigenvalue weighted by molar-refractivity contribution is 5.79. The molecule has 0 aliphatic carbocycles. The fraction of sp³-hybridized carbons (Fsp3) is 0.667. The van der Waals surface area contributed by atoms with E-state index < -0.39 is 0 Å². The van der Waals surface area contributed by atoms with Crippen LogP contribution < -0.4 is 10.6 Å². The van der Waals surface area contributed by atoms with Gasteiger partial charge in [-0.05, 0) is 57.8 Å². The van der Waals surface area contributed by atoms with Gasteiger partial charge in [0.25, 0.3) is 0 Å². The van der Waals surface area contributed by atoms with Crippen LogP contribution in [0.25, 0.3) is 0 Å². The zero-order chi connectivity index (χ0) is 19.9. The smallest absolute Gasteiger partial charge is 0.191 e. The summed E-state index contributed by atoms with van der Waals surface area (Å²) in [5, 5.41) is 15.6. The third-order valence-corrected chi connectivity index (χ3v) is 5.82. The summed E-state index contributed by atoms with van der Waals surface area (Å²) in [5.74, 6) is 3.88. The molecule has 2 aliphatic rings. The Hall–Kier alpha value is -2.35. The number of hydrogen-bond acceptors (Lipinski definition) is 5. The molecule has 8 heteroatoms. The fourth-order valence-electron chi connectivity index (χ4n) is 4.29. The van der Waals surface area contributed by atoms with Crippen molar-refractivity contribution in [3.8, 4) is 0 Å². The third-order valence-electron chi connectivity index (χ3n) is 5.82. The molecular weight excluding hydrogens is 366 g/mol. The van der Waals surface area contributed by atoms with Crippen molar-refractivity contribution in [3.05, 3.63) is 35.8 Å². The first-order valence-corrected chi connectivity index (χ1v) is 11.1. The lowest BCUT2D eigenvalue weighted by atomic mass is 10.1. The Labute approximate surface area is 172 Å². The molecule has 8 nitrogen and oxygen atoms in total. The van der Waals surface area contributed by atoms with Gasteiger partial charge in [0.15, 0.2) is 11.8 Å². The quantitative estimate of drug-likeness (QED) is 0.550. The van der Waals surface area contributed by atoms with Crippen molar-refractivity contribution in [2.24, 2.45) is 4.99 Å². The van der Waals surface area contributed by atoms with Crippen LogP contribution >= 0.6 is 0 Å². The minimum atomic E-state index is 0.218. The summed E-state index contributed by atoms with van der Waals surface area (Å²) in [6, 6.07) is 4.27. The first kappa shape index (κ1) is 19.9. The summed E-state index contributed by atoms with van der Waals surface area (Å²) in [4.78, 5) is 7.31. The minimum absolute atomic E-state index is 0.218. The van der Waals surface area contributed by atoms with E-state index in [2.05, 4.69) is 43.3 Å². The van der Waals surface area contributed by atoms with Gasteiger partial charge in [-0.3, -0.25) is 4.90 Å². The monoisotopic (exact) mass is 399 g/mol. The van der Waals surface area contributed by atoms with E-state index in [4.69, 9.17) is 9.41 Å². The summed E-state index contributed by atoms with van der Waals surface area (Å²) in [7, 11) is 0. The molecule has 1 unspecified atom stereocenters. The predicted octanol–water partition coefficient (Wildman–Crippen LogP) is 2.49. The van der Waals surface area contributed by atoms with E-state index in [1.807, 2.05) is 6.07 Å². The molecule has 0 radical (unpaired) electrons. The van der Waals surface area contributed by atoms with Gasteiger partial charge in [0.05, 0.1) is 12.3 Å². The highest BCUT2D eigenvalue weighted by Crippen LogP contribution is 2.24. The van der Waals surface area contributed by atoms with Crippen molar-refractivity contribution in [3.63, 3.8) is 0 Å². The molecule has 2 N–H and O–H groups in total. The number of nitrogens with zero attached hydrogens (tertiary/aromatic N) is 5. The molecule has 0 bridgehead atoms. The van der Waals surface area contributed by atoms with E-state index >= 15 is 0 Å². The Bertz CT molecular complexity index is 777. The maximum Gasteiger partial charge on any atom is 0.191 e. The number of likely N-dealkylation sites (tertiary alicyclic amines) is 1. The number of aromatic nitrogens is 3. The van der Waals surface area contributed by atoms with Gasteiger partial charge in [0, 0.05) is 26.1 Å². The van der Waals surface area contributed by atoms with Gasteiger partial charge < -0.3 is 19.6 Å². The van der Waals surface area contributed by atoms with Crippen LogP contribution in [-0.2, 0) is 19.5 Å². The second-order valence-electron chi connectivity index (χ2n) is 7.85. The molecule has 0 saturated carbocycles. The number of aryl methyl sites for hydroxylation is 1. The van der Waals surface area contributed by atoms with E-state index in [9.17, 15) is 0 Å². The first-order chi connectivity index (χ1) is 14.3. The van der Waals surface area contributed by atoms with E-state index in [1.54, 1.807) is 6.26 Å². The number of hydrogen-bond donors (Lipinski definition) is 2. The molecule has 158 valence electrons. The van der Waals surface area contributed by atoms with Crippen LogP contribution in [0.1, 0.15) is 62.5 Å². The Kier molecular flexibility index (Phi) is 6.82. The SMILES string of the molecule is CCNC(=NCc1nnc2n1CCCC2)NCC(c1ccco1)N1CCCCC1. The lowest BCUT2D eigenvalue weighted by Crippen LogP contribution is -2.44. The number of rotatable bonds is 7. The van der Waals surface area contributed by atoms with Gasteiger partial charge in [-0.15, -0.1) is 10.2 Å². The normalized spacial score (nSPS) is 19.0. The minimum Gasteiger partial charge on any atom is -0.468 e. The highest BCUT2D eigenvalue weighted by Gasteiger charge is 2.24. The summed E-state index contributed by atoms with van der Waals surface area (Å²) in [6.07, 6.45) is 9.01. The van der Waals surface area contributed by atoms with E-state index in [-0.39, 0.29) is 6.04 Å². The Morgan fingerprint density at radius 1 is 1.14 bits per heavy atom. The zero-order valence-electron chi connectivity index (χ0n) is 17.4. The van der Waals surface area contributed by atoms with Gasteiger partial charge >= 0.3 is 0 Å². The van der Waals surface area contributed by atoms with E-state index in [0.29, 0.717) is 6.54 Å². The van der Waals surface area contributed by atoms with Gasteiger partial charge in [-0.2, -0.15) is 0 Å². The summed E-state index contributed by atoms with van der Waals surface area (Å²) in [5.41, 5.74) is 0. The topological polar surface area (TPSA) is 83.5 Å². The molecular formula is C21H33N7O. The summed E-state index contributed by atoms with van der Waals surface area (Å²) < 4.78 is 7.99. The molecule has 1 fully saturated rings. The van der Waals surface area contributed by atoms with Gasteiger partial charge in [0.1, 0.15) is 18.1 Å². The van der Waals surface area contributed by atoms with Crippen LogP contribution in [0.4, 0.5) is 0 Å². The average Bonchev–Trinajstić information content (AvgIpc) is 3.43. The Morgan fingerprint density at radius 2 is 2.00 bits per heavy atom. The lowest BCUT2D eigenvalue weighted by molar-refractivity contribution is 0.146. The van der Waals surface area contributed by atoms with Gasteiger partial charge in [-0.25, -0.2) is 4.99 Å². The summed E-state index contributed by atoms with van der Waals surface area (Å²) >= 11 is 0. The molecule has 4 heterocycles. The number of aliphatic imine (C=N–C) groups is 1. The van der Waals surface area contributed by atoms with Crippen LogP contribution in [0.2, 0.25) is 0 Å². The largest absolute Gasteiger partial charge is 0.468 e. The second-order valence-corrected chi connectivity index (χ2v) is 7.85. The van der Waals surface area contributed by atoms with Crippen LogP contribution in [0.3, 0.4) is 0 Å². The third kappa shape index (κ3) is 4.98. The Balaban J connectivity index is 1.42. The van der Waals surface area contributed by atoms with Crippen molar-refractivity contribution < 1.29 is 4.42 Å². The molecule has 2 aromatic rings. The first-order valence-electron chi connectivity index (χ1n) is 11.1. The number of furan rings is 1. The van der Waals surface area contributed by atoms with Crippen molar-refractivity contribution in [1.29, 1.82) is 0 Å². The molecule has 2 aliphatic heterocycles. The molecule has 29 heavy (non-hydrogen) atoms. The van der Waals surface area contributed by atoms with Crippen LogP contribution in [0, 0.1) is 0 Å². The predicted molar refractivity (Wildman–Crippen MR) is 113 cm³/mol. The zero-order valence-corrected chi connectivity index (χ0v) is 17.4. The molecule has 0 aromatic carbocycles. The molecule has 1 atom stereocenters. The van der Waals surface area contributed by atoms with E-state index in [1.165, 1.54) is 32.1 Å². The second kappa shape index (κ2) is 9.91. The molecule has 0 amide bonds. The fourth-order valence-corrected chi connectivity index (χ4v) is 4.29. The van der Waals surface area contributed by atoms with Gasteiger partial charge in [-0.1, -0.05) is 6.42 Å². The van der Waals surface area contributed by atoms with Crippen molar-refractivity contribution in [2.45, 2.75) is 64.6 Å². The van der Waals surface area contributed by atoms with Gasteiger partial charge in [0.2, 0.25) is 0 Å². The van der Waals surface area contributed by atoms with Crippen LogP contribution in [0.5, 0.6) is 0 Å². The maximum atomic E-state index is 5.76. The van der Waals surface area contributed by atoms with Crippen molar-refractivity contribution in [1.82, 2.24) is 30.3 Å². The Morgan fingerprint density at radius 3 is 2.79 bits per heavy atom. The van der Waals surface area contributed by atoms with Crippen molar-refractivity contribution in [2.75, 3.05) is 26.2 Å². The molecule has 4 rings (SSSR count). The highest BCUT2D eigenvalue weighted by atomic mass is 16.3. The van der Waals surface area contributed by atoms with Crippen molar-refractivity contribution >= 4 is 5.96 Å². The molecule has 2 aromatic heterocycles. The summed E-state index contributed by atoms with van der Waals surface area (Å²) in [6.45, 7) is 7.45. The number of nitrogens with one attached hydrogen (secondary N) is 2. The number of guanidine groups is 1. The lowest BCUT2D eigenvalue weighted by Gasteiger charge is -2.33. The number of fused-ring (bicyclic) bond motifs is 1. The van der Waals surface area contributed by atoms with Crippen LogP contribution in [-0.4, -0.2) is 51.8 Å².